The van der Waals surface area contributed by atoms with E-state index in [1.807, 2.05) is 0 Å². The first-order valence-corrected chi connectivity index (χ1v) is 4.99. The molecule has 0 spiro atoms. The predicted molar refractivity (Wildman–Crippen MR) is 50.9 cm³/mol. The van der Waals surface area contributed by atoms with E-state index in [2.05, 4.69) is 25.7 Å². The topological polar surface area (TPSA) is 29.3 Å². The van der Waals surface area contributed by atoms with Gasteiger partial charge in [0.2, 0.25) is 0 Å². The van der Waals surface area contributed by atoms with Gasteiger partial charge < -0.3 is 5.73 Å². The lowest BCUT2D eigenvalue weighted by Crippen LogP contribution is -2.65. The summed E-state index contributed by atoms with van der Waals surface area (Å²) in [5, 5.41) is 0. The molecule has 1 saturated carbocycles. The van der Waals surface area contributed by atoms with Gasteiger partial charge in [0.05, 0.1) is 0 Å². The van der Waals surface area contributed by atoms with E-state index >= 15 is 0 Å². The molecule has 70 valence electrons. The molecular weight excluding hydrogens is 148 g/mol. The van der Waals surface area contributed by atoms with Crippen LogP contribution in [-0.2, 0) is 0 Å². The van der Waals surface area contributed by atoms with Gasteiger partial charge in [0.1, 0.15) is 0 Å². The lowest BCUT2D eigenvalue weighted by molar-refractivity contribution is -0.0404. The molecule has 2 heteroatoms. The normalized spacial score (nSPS) is 42.5. The van der Waals surface area contributed by atoms with E-state index in [1.54, 1.807) is 0 Å². The van der Waals surface area contributed by atoms with Crippen molar-refractivity contribution in [1.82, 2.24) is 4.90 Å². The zero-order valence-electron chi connectivity index (χ0n) is 8.38. The molecular formula is C10H20N2. The van der Waals surface area contributed by atoms with E-state index in [4.69, 9.17) is 5.73 Å². The molecule has 2 atom stereocenters. The van der Waals surface area contributed by atoms with Crippen molar-refractivity contribution in [3.8, 4) is 0 Å². The van der Waals surface area contributed by atoms with Crippen molar-refractivity contribution in [2.75, 3.05) is 13.1 Å². The van der Waals surface area contributed by atoms with Crippen LogP contribution in [0.5, 0.6) is 0 Å². The van der Waals surface area contributed by atoms with Gasteiger partial charge in [-0.3, -0.25) is 4.90 Å². The Hall–Kier alpha value is -0.0800. The summed E-state index contributed by atoms with van der Waals surface area (Å²) < 4.78 is 0. The molecule has 0 aromatic rings. The zero-order valence-corrected chi connectivity index (χ0v) is 8.38. The Bertz CT molecular complexity index is 171. The van der Waals surface area contributed by atoms with Gasteiger partial charge >= 0.3 is 0 Å². The summed E-state index contributed by atoms with van der Waals surface area (Å²) in [5.41, 5.74) is 6.35. The third-order valence-electron chi connectivity index (χ3n) is 3.55. The van der Waals surface area contributed by atoms with Gasteiger partial charge in [-0.05, 0) is 39.0 Å². The highest BCUT2D eigenvalue weighted by molar-refractivity contribution is 5.02. The molecule has 0 radical (unpaired) electrons. The summed E-state index contributed by atoms with van der Waals surface area (Å²) in [6, 6.07) is 0.517. The average Bonchev–Trinajstić information content (AvgIpc) is 2.02. The first-order valence-electron chi connectivity index (χ1n) is 4.99. The van der Waals surface area contributed by atoms with Crippen LogP contribution in [0.4, 0.5) is 0 Å². The molecule has 3 rings (SSSR count). The maximum Gasteiger partial charge on any atom is 0.0125 e. The van der Waals surface area contributed by atoms with Crippen molar-refractivity contribution < 1.29 is 0 Å². The second-order valence-corrected chi connectivity index (χ2v) is 5.41. The first-order chi connectivity index (χ1) is 5.48. The van der Waals surface area contributed by atoms with Crippen molar-refractivity contribution in [3.05, 3.63) is 0 Å². The number of rotatable bonds is 0. The third kappa shape index (κ3) is 1.17. The highest BCUT2D eigenvalue weighted by atomic mass is 15.2. The van der Waals surface area contributed by atoms with Crippen molar-refractivity contribution in [1.29, 1.82) is 0 Å². The molecule has 3 aliphatic rings. The van der Waals surface area contributed by atoms with Crippen LogP contribution in [0.1, 0.15) is 27.2 Å². The van der Waals surface area contributed by atoms with E-state index in [0.29, 0.717) is 11.6 Å². The smallest absolute Gasteiger partial charge is 0.0125 e. The monoisotopic (exact) mass is 168 g/mol. The molecule has 2 saturated heterocycles. The summed E-state index contributed by atoms with van der Waals surface area (Å²) in [4.78, 5) is 2.58. The van der Waals surface area contributed by atoms with E-state index in [1.165, 1.54) is 19.5 Å². The minimum Gasteiger partial charge on any atom is -0.327 e. The van der Waals surface area contributed by atoms with Crippen LogP contribution in [0.15, 0.2) is 0 Å². The van der Waals surface area contributed by atoms with Crippen LogP contribution in [0, 0.1) is 11.8 Å². The van der Waals surface area contributed by atoms with Crippen molar-refractivity contribution >= 4 is 0 Å². The van der Waals surface area contributed by atoms with Crippen LogP contribution in [0.25, 0.3) is 0 Å². The van der Waals surface area contributed by atoms with Crippen LogP contribution < -0.4 is 5.73 Å². The molecule has 0 amide bonds. The van der Waals surface area contributed by atoms with Gasteiger partial charge in [-0.25, -0.2) is 0 Å². The molecule has 12 heavy (non-hydrogen) atoms. The van der Waals surface area contributed by atoms with E-state index in [-0.39, 0.29) is 0 Å². The van der Waals surface area contributed by atoms with Gasteiger partial charge in [-0.15, -0.1) is 0 Å². The minimum atomic E-state index is 0.344. The molecule has 0 unspecified atom stereocenters. The molecule has 2 heterocycles. The Balaban J connectivity index is 1.99. The quantitative estimate of drug-likeness (QED) is 0.586. The standard InChI is InChI=1S/C10H20N2/c1-10(2,3)12-5-7-4-8(6-12)9(7)11/h7-9H,4-6,11H2,1-3H3/t7-,8-/m0/s1. The maximum absolute atomic E-state index is 6.01. The molecule has 2 aliphatic heterocycles. The van der Waals surface area contributed by atoms with Crippen molar-refractivity contribution in [3.63, 3.8) is 0 Å². The van der Waals surface area contributed by atoms with Crippen LogP contribution in [-0.4, -0.2) is 29.6 Å². The van der Waals surface area contributed by atoms with Crippen molar-refractivity contribution in [2.45, 2.75) is 38.8 Å². The summed E-state index contributed by atoms with van der Waals surface area (Å²) in [5.74, 6) is 1.59. The largest absolute Gasteiger partial charge is 0.327 e. The fourth-order valence-corrected chi connectivity index (χ4v) is 2.47. The number of piperidine rings is 2. The van der Waals surface area contributed by atoms with E-state index in [9.17, 15) is 0 Å². The second kappa shape index (κ2) is 2.46. The van der Waals surface area contributed by atoms with Gasteiger partial charge in [-0.2, -0.15) is 0 Å². The Morgan fingerprint density at radius 2 is 1.67 bits per heavy atom. The van der Waals surface area contributed by atoms with Gasteiger partial charge in [0.15, 0.2) is 0 Å². The number of hydrogen-bond donors (Lipinski definition) is 1. The molecule has 2 bridgehead atoms. The van der Waals surface area contributed by atoms with Gasteiger partial charge in [0.25, 0.3) is 0 Å². The molecule has 2 N–H and O–H groups in total. The van der Waals surface area contributed by atoms with Crippen LogP contribution >= 0.6 is 0 Å². The third-order valence-corrected chi connectivity index (χ3v) is 3.55. The molecule has 0 aromatic carbocycles. The Kier molecular flexibility index (Phi) is 1.74. The minimum absolute atomic E-state index is 0.344. The maximum atomic E-state index is 6.01. The number of nitrogens with two attached hydrogens (primary N) is 1. The Morgan fingerprint density at radius 1 is 1.17 bits per heavy atom. The van der Waals surface area contributed by atoms with Gasteiger partial charge in [0, 0.05) is 24.7 Å². The fraction of sp³-hybridized carbons (Fsp3) is 1.00. The molecule has 3 fully saturated rings. The Labute approximate surface area is 75.1 Å². The van der Waals surface area contributed by atoms with Crippen LogP contribution in [0.3, 0.4) is 0 Å². The highest BCUT2D eigenvalue weighted by Crippen LogP contribution is 2.40. The van der Waals surface area contributed by atoms with Gasteiger partial charge in [-0.1, -0.05) is 0 Å². The average molecular weight is 168 g/mol. The van der Waals surface area contributed by atoms with E-state index in [0.717, 1.165) is 11.8 Å². The second-order valence-electron chi connectivity index (χ2n) is 5.41. The predicted octanol–water partition coefficient (Wildman–Crippen LogP) is 1.06. The lowest BCUT2D eigenvalue weighted by Gasteiger charge is -2.55. The van der Waals surface area contributed by atoms with Crippen molar-refractivity contribution in [2.24, 2.45) is 17.6 Å². The first kappa shape index (κ1) is 8.52. The number of fused-ring (bicyclic) bond motifs is 2. The summed E-state index contributed by atoms with van der Waals surface area (Å²) in [6.45, 7) is 9.33. The number of nitrogens with zero attached hydrogens (tertiary/aromatic N) is 1. The summed E-state index contributed by atoms with van der Waals surface area (Å²) in [7, 11) is 0. The summed E-state index contributed by atoms with van der Waals surface area (Å²) >= 11 is 0. The molecule has 2 nitrogen and oxygen atoms in total. The Morgan fingerprint density at radius 3 is 2.00 bits per heavy atom. The lowest BCUT2D eigenvalue weighted by atomic mass is 9.66. The van der Waals surface area contributed by atoms with Crippen LogP contribution in [0.2, 0.25) is 0 Å². The fourth-order valence-electron chi connectivity index (χ4n) is 2.47. The zero-order chi connectivity index (χ0) is 8.93. The highest BCUT2D eigenvalue weighted by Gasteiger charge is 2.46. The number of hydrogen-bond acceptors (Lipinski definition) is 2. The molecule has 1 aliphatic carbocycles. The SMILES string of the molecule is CC(C)(C)N1C[C@@H]2C[C@@H](C1)C2N. The molecule has 0 aromatic heterocycles. The summed E-state index contributed by atoms with van der Waals surface area (Å²) in [6.07, 6.45) is 1.38. The van der Waals surface area contributed by atoms with E-state index < -0.39 is 0 Å².